The van der Waals surface area contributed by atoms with Gasteiger partial charge in [-0.3, -0.25) is 0 Å². The topological polar surface area (TPSA) is 24.9 Å². The van der Waals surface area contributed by atoms with Crippen LogP contribution in [0.5, 0.6) is 0 Å². The monoisotopic (exact) mass is 330 g/mol. The Morgan fingerprint density at radius 3 is 2.47 bits per heavy atom. The number of nitrogens with zero attached hydrogens (tertiary/aromatic N) is 1. The van der Waals surface area contributed by atoms with Gasteiger partial charge in [0.1, 0.15) is 5.82 Å². The van der Waals surface area contributed by atoms with Gasteiger partial charge in [0.2, 0.25) is 0 Å². The third-order valence-electron chi connectivity index (χ3n) is 2.29. The lowest BCUT2D eigenvalue weighted by Gasteiger charge is -2.11. The molecule has 17 heavy (non-hydrogen) atoms. The predicted octanol–water partition coefficient (Wildman–Crippen LogP) is 5.20. The Labute approximate surface area is 118 Å². The first kappa shape index (κ1) is 12.7. The van der Waals surface area contributed by atoms with E-state index in [1.165, 1.54) is 0 Å². The average molecular weight is 332 g/mol. The van der Waals surface area contributed by atoms with Gasteiger partial charge in [-0.15, -0.1) is 0 Å². The first-order valence-electron chi connectivity index (χ1n) is 4.91. The summed E-state index contributed by atoms with van der Waals surface area (Å²) >= 11 is 15.6. The number of nitrogens with one attached hydrogen (secondary N) is 1. The van der Waals surface area contributed by atoms with Crippen molar-refractivity contribution in [1.82, 2.24) is 4.98 Å². The summed E-state index contributed by atoms with van der Waals surface area (Å²) < 4.78 is 0.899. The molecule has 5 heteroatoms. The molecule has 1 aromatic heterocycles. The van der Waals surface area contributed by atoms with E-state index in [2.05, 4.69) is 26.2 Å². The van der Waals surface area contributed by atoms with Crippen molar-refractivity contribution < 1.29 is 0 Å². The summed E-state index contributed by atoms with van der Waals surface area (Å²) in [6, 6.07) is 7.27. The zero-order valence-electron chi connectivity index (χ0n) is 8.97. The number of para-hydroxylation sites is 1. The molecule has 0 bridgehead atoms. The van der Waals surface area contributed by atoms with Crippen LogP contribution in [0, 0.1) is 6.92 Å². The van der Waals surface area contributed by atoms with E-state index < -0.39 is 0 Å². The second kappa shape index (κ2) is 5.25. The Balaban J connectivity index is 2.42. The largest absolute Gasteiger partial charge is 0.337 e. The molecule has 0 aliphatic rings. The second-order valence-electron chi connectivity index (χ2n) is 3.51. The van der Waals surface area contributed by atoms with Crippen molar-refractivity contribution in [2.75, 3.05) is 5.32 Å². The molecule has 0 atom stereocenters. The molecule has 0 fully saturated rings. The summed E-state index contributed by atoms with van der Waals surface area (Å²) in [6.45, 7) is 1.99. The lowest BCUT2D eigenvalue weighted by Crippen LogP contribution is -1.97. The number of benzene rings is 1. The molecule has 1 heterocycles. The fourth-order valence-electron chi connectivity index (χ4n) is 1.36. The standard InChI is InChI=1S/C12H9BrCl2N2/c1-7-5-6-16-12(10(7)13)17-11-8(14)3-2-4-9(11)15/h2-6H,1H3,(H,16,17). The zero-order valence-corrected chi connectivity index (χ0v) is 12.1. The summed E-state index contributed by atoms with van der Waals surface area (Å²) in [7, 11) is 0. The quantitative estimate of drug-likeness (QED) is 0.817. The van der Waals surface area contributed by atoms with Crippen LogP contribution in [0.3, 0.4) is 0 Å². The van der Waals surface area contributed by atoms with Gasteiger partial charge in [-0.2, -0.15) is 0 Å². The first-order valence-corrected chi connectivity index (χ1v) is 6.46. The van der Waals surface area contributed by atoms with Crippen molar-refractivity contribution in [1.29, 1.82) is 0 Å². The molecule has 0 saturated carbocycles. The maximum Gasteiger partial charge on any atom is 0.145 e. The van der Waals surface area contributed by atoms with Gasteiger partial charge in [0.05, 0.1) is 20.2 Å². The van der Waals surface area contributed by atoms with E-state index in [1.807, 2.05) is 13.0 Å². The Kier molecular flexibility index (Phi) is 3.92. The third-order valence-corrected chi connectivity index (χ3v) is 3.92. The molecule has 1 N–H and O–H groups in total. The normalized spacial score (nSPS) is 10.4. The van der Waals surface area contributed by atoms with Gasteiger partial charge < -0.3 is 5.32 Å². The fourth-order valence-corrected chi connectivity index (χ4v) is 2.19. The van der Waals surface area contributed by atoms with Crippen LogP contribution in [0.15, 0.2) is 34.9 Å². The molecule has 1 aromatic carbocycles. The molecule has 0 spiro atoms. The number of hydrogen-bond donors (Lipinski definition) is 1. The van der Waals surface area contributed by atoms with Gasteiger partial charge in [-0.25, -0.2) is 4.98 Å². The van der Waals surface area contributed by atoms with Crippen LogP contribution < -0.4 is 5.32 Å². The number of anilines is 2. The van der Waals surface area contributed by atoms with Crippen molar-refractivity contribution in [3.05, 3.63) is 50.5 Å². The molecule has 0 aliphatic heterocycles. The van der Waals surface area contributed by atoms with E-state index in [-0.39, 0.29) is 0 Å². The van der Waals surface area contributed by atoms with Gasteiger partial charge >= 0.3 is 0 Å². The van der Waals surface area contributed by atoms with Gasteiger partial charge in [-0.05, 0) is 46.6 Å². The maximum atomic E-state index is 6.08. The Morgan fingerprint density at radius 1 is 1.18 bits per heavy atom. The summed E-state index contributed by atoms with van der Waals surface area (Å²) in [5.74, 6) is 0.694. The zero-order chi connectivity index (χ0) is 12.4. The lowest BCUT2D eigenvalue weighted by molar-refractivity contribution is 1.25. The number of pyridine rings is 1. The molecular formula is C12H9BrCl2N2. The summed E-state index contributed by atoms with van der Waals surface area (Å²) in [6.07, 6.45) is 1.73. The van der Waals surface area contributed by atoms with E-state index in [4.69, 9.17) is 23.2 Å². The van der Waals surface area contributed by atoms with Crippen LogP contribution in [0.1, 0.15) is 5.56 Å². The highest BCUT2D eigenvalue weighted by molar-refractivity contribution is 9.10. The fraction of sp³-hybridized carbons (Fsp3) is 0.0833. The first-order chi connectivity index (χ1) is 8.09. The molecule has 0 amide bonds. The maximum absolute atomic E-state index is 6.08. The molecule has 2 aromatic rings. The van der Waals surface area contributed by atoms with Crippen molar-refractivity contribution in [3.63, 3.8) is 0 Å². The summed E-state index contributed by atoms with van der Waals surface area (Å²) in [4.78, 5) is 4.24. The third kappa shape index (κ3) is 2.73. The Bertz CT molecular complexity index is 538. The van der Waals surface area contributed by atoms with E-state index in [1.54, 1.807) is 24.4 Å². The van der Waals surface area contributed by atoms with Gasteiger partial charge in [-0.1, -0.05) is 29.3 Å². The average Bonchev–Trinajstić information content (AvgIpc) is 2.29. The molecular weight excluding hydrogens is 323 g/mol. The highest BCUT2D eigenvalue weighted by Crippen LogP contribution is 2.34. The molecule has 0 aliphatic carbocycles. The van der Waals surface area contributed by atoms with Crippen molar-refractivity contribution in [2.45, 2.75) is 6.92 Å². The van der Waals surface area contributed by atoms with Crippen LogP contribution in [0.25, 0.3) is 0 Å². The van der Waals surface area contributed by atoms with Crippen molar-refractivity contribution in [2.24, 2.45) is 0 Å². The Hall–Kier alpha value is -0.770. The molecule has 2 nitrogen and oxygen atoms in total. The SMILES string of the molecule is Cc1ccnc(Nc2c(Cl)cccc2Cl)c1Br. The number of halogens is 3. The minimum absolute atomic E-state index is 0.563. The van der Waals surface area contributed by atoms with E-state index in [0.29, 0.717) is 21.6 Å². The highest BCUT2D eigenvalue weighted by atomic mass is 79.9. The Morgan fingerprint density at radius 2 is 1.82 bits per heavy atom. The van der Waals surface area contributed by atoms with E-state index >= 15 is 0 Å². The van der Waals surface area contributed by atoms with Crippen LogP contribution >= 0.6 is 39.1 Å². The van der Waals surface area contributed by atoms with E-state index in [0.717, 1.165) is 10.0 Å². The lowest BCUT2D eigenvalue weighted by atomic mass is 10.3. The van der Waals surface area contributed by atoms with Crippen LogP contribution in [0.4, 0.5) is 11.5 Å². The summed E-state index contributed by atoms with van der Waals surface area (Å²) in [5.41, 5.74) is 1.75. The molecule has 0 saturated heterocycles. The highest BCUT2D eigenvalue weighted by Gasteiger charge is 2.09. The van der Waals surface area contributed by atoms with Crippen LogP contribution in [-0.4, -0.2) is 4.98 Å². The van der Waals surface area contributed by atoms with Gasteiger partial charge in [0.15, 0.2) is 0 Å². The smallest absolute Gasteiger partial charge is 0.145 e. The van der Waals surface area contributed by atoms with Gasteiger partial charge in [0.25, 0.3) is 0 Å². The van der Waals surface area contributed by atoms with Crippen LogP contribution in [0.2, 0.25) is 10.0 Å². The minimum Gasteiger partial charge on any atom is -0.337 e. The molecule has 0 unspecified atom stereocenters. The van der Waals surface area contributed by atoms with Crippen molar-refractivity contribution in [3.8, 4) is 0 Å². The van der Waals surface area contributed by atoms with Crippen molar-refractivity contribution >= 4 is 50.6 Å². The number of aryl methyl sites for hydroxylation is 1. The summed E-state index contributed by atoms with van der Waals surface area (Å²) in [5, 5.41) is 4.25. The number of aromatic nitrogens is 1. The number of rotatable bonds is 2. The predicted molar refractivity (Wildman–Crippen MR) is 76.4 cm³/mol. The molecule has 88 valence electrons. The second-order valence-corrected chi connectivity index (χ2v) is 5.12. The molecule has 0 radical (unpaired) electrons. The van der Waals surface area contributed by atoms with Gasteiger partial charge in [0, 0.05) is 6.20 Å². The number of hydrogen-bond acceptors (Lipinski definition) is 2. The molecule has 2 rings (SSSR count). The minimum atomic E-state index is 0.563. The van der Waals surface area contributed by atoms with Crippen LogP contribution in [-0.2, 0) is 0 Å². The van der Waals surface area contributed by atoms with E-state index in [9.17, 15) is 0 Å².